The summed E-state index contributed by atoms with van der Waals surface area (Å²) in [4.78, 5) is 0. The Labute approximate surface area is 121 Å². The van der Waals surface area contributed by atoms with Gasteiger partial charge >= 0.3 is 0 Å². The Hall–Kier alpha value is -1.46. The van der Waals surface area contributed by atoms with Crippen molar-refractivity contribution in [2.45, 2.75) is 25.5 Å². The molecule has 2 atom stereocenters. The quantitative estimate of drug-likeness (QED) is 0.310. The molecule has 5 N–H and O–H groups in total. The van der Waals surface area contributed by atoms with Crippen molar-refractivity contribution in [1.82, 2.24) is 10.9 Å². The maximum absolute atomic E-state index is 9.98. The van der Waals surface area contributed by atoms with E-state index >= 15 is 0 Å². The normalized spacial score (nSPS) is 14.3. The molecule has 1 aromatic rings. The lowest BCUT2D eigenvalue weighted by atomic mass is 10.0. The smallest absolute Gasteiger partial charge is 0.0832 e. The number of nitrogens with two attached hydrogens (primary N) is 1. The van der Waals surface area contributed by atoms with Gasteiger partial charge in [-0.1, -0.05) is 49.1 Å². The van der Waals surface area contributed by atoms with Gasteiger partial charge < -0.3 is 10.8 Å². The molecule has 0 heterocycles. The van der Waals surface area contributed by atoms with E-state index in [-0.39, 0.29) is 6.04 Å². The van der Waals surface area contributed by atoms with Crippen molar-refractivity contribution >= 4 is 0 Å². The van der Waals surface area contributed by atoms with Crippen molar-refractivity contribution in [2.75, 3.05) is 13.1 Å². The van der Waals surface area contributed by atoms with E-state index in [9.17, 15) is 5.11 Å². The summed E-state index contributed by atoms with van der Waals surface area (Å²) >= 11 is 0. The zero-order chi connectivity index (χ0) is 14.8. The van der Waals surface area contributed by atoms with E-state index in [1.165, 1.54) is 0 Å². The predicted molar refractivity (Wildman–Crippen MR) is 84.1 cm³/mol. The number of nitrogens with one attached hydrogen (secondary N) is 2. The molecule has 1 aromatic carbocycles. The van der Waals surface area contributed by atoms with Crippen LogP contribution in [-0.2, 0) is 6.42 Å². The minimum atomic E-state index is -0.599. The monoisotopic (exact) mass is 275 g/mol. The Morgan fingerprint density at radius 3 is 2.70 bits per heavy atom. The van der Waals surface area contributed by atoms with Gasteiger partial charge in [0.25, 0.3) is 0 Å². The van der Waals surface area contributed by atoms with Gasteiger partial charge in [0.1, 0.15) is 0 Å². The van der Waals surface area contributed by atoms with E-state index in [2.05, 4.69) is 17.4 Å². The SMILES string of the molecule is C=C(C=CC)CNNC[C@@H](O)[C@@H](N)Cc1ccccc1. The van der Waals surface area contributed by atoms with Crippen LogP contribution in [-0.4, -0.2) is 30.3 Å². The second-order valence-electron chi connectivity index (χ2n) is 4.81. The number of rotatable bonds is 9. The average molecular weight is 275 g/mol. The predicted octanol–water partition coefficient (Wildman–Crippen LogP) is 1.14. The first-order valence-corrected chi connectivity index (χ1v) is 6.87. The third kappa shape index (κ3) is 6.63. The molecular weight excluding hydrogens is 250 g/mol. The second kappa shape index (κ2) is 9.44. The van der Waals surface area contributed by atoms with E-state index in [1.54, 1.807) is 0 Å². The lowest BCUT2D eigenvalue weighted by Gasteiger charge is -2.19. The zero-order valence-corrected chi connectivity index (χ0v) is 12.0. The summed E-state index contributed by atoms with van der Waals surface area (Å²) in [5.74, 6) is 0. The first-order valence-electron chi connectivity index (χ1n) is 6.87. The minimum absolute atomic E-state index is 0.287. The summed E-state index contributed by atoms with van der Waals surface area (Å²) in [6.45, 7) is 6.85. The Balaban J connectivity index is 2.21. The summed E-state index contributed by atoms with van der Waals surface area (Å²) in [6, 6.07) is 9.65. The Morgan fingerprint density at radius 2 is 2.05 bits per heavy atom. The molecule has 4 heteroatoms. The van der Waals surface area contributed by atoms with Crippen molar-refractivity contribution in [2.24, 2.45) is 5.73 Å². The number of benzene rings is 1. The Bertz CT molecular complexity index is 417. The van der Waals surface area contributed by atoms with Gasteiger partial charge in [-0.25, -0.2) is 0 Å². The molecule has 0 spiro atoms. The maximum Gasteiger partial charge on any atom is 0.0832 e. The third-order valence-corrected chi connectivity index (χ3v) is 2.96. The number of allylic oxidation sites excluding steroid dienone is 1. The van der Waals surface area contributed by atoms with Crippen LogP contribution in [0.25, 0.3) is 0 Å². The molecule has 0 unspecified atom stereocenters. The standard InChI is InChI=1S/C16H25N3O/c1-3-7-13(2)11-18-19-12-16(20)15(17)10-14-8-5-4-6-9-14/h3-9,15-16,18-20H,2,10-12,17H2,1H3/t15-,16+/m0/s1. The fourth-order valence-electron chi connectivity index (χ4n) is 1.82. The number of aliphatic hydroxyl groups excluding tert-OH is 1. The molecule has 0 aliphatic rings. The van der Waals surface area contributed by atoms with Crippen molar-refractivity contribution < 1.29 is 5.11 Å². The third-order valence-electron chi connectivity index (χ3n) is 2.96. The van der Waals surface area contributed by atoms with Crippen LogP contribution in [0.1, 0.15) is 12.5 Å². The van der Waals surface area contributed by atoms with Crippen molar-refractivity contribution in [1.29, 1.82) is 0 Å². The molecule has 110 valence electrons. The molecular formula is C16H25N3O. The molecule has 20 heavy (non-hydrogen) atoms. The summed E-state index contributed by atoms with van der Waals surface area (Å²) in [5, 5.41) is 9.98. The zero-order valence-electron chi connectivity index (χ0n) is 12.0. The number of hydrogen-bond donors (Lipinski definition) is 4. The first-order chi connectivity index (χ1) is 9.63. The topological polar surface area (TPSA) is 70.3 Å². The lowest BCUT2D eigenvalue weighted by Crippen LogP contribution is -2.47. The number of aliphatic hydroxyl groups is 1. The molecule has 4 nitrogen and oxygen atoms in total. The highest BCUT2D eigenvalue weighted by atomic mass is 16.3. The van der Waals surface area contributed by atoms with E-state index in [0.29, 0.717) is 19.5 Å². The summed E-state index contributed by atoms with van der Waals surface area (Å²) < 4.78 is 0. The summed E-state index contributed by atoms with van der Waals surface area (Å²) in [7, 11) is 0. The molecule has 0 saturated carbocycles. The van der Waals surface area contributed by atoms with Crippen LogP contribution >= 0.6 is 0 Å². The summed E-state index contributed by atoms with van der Waals surface area (Å²) in [5.41, 5.74) is 14.1. The minimum Gasteiger partial charge on any atom is -0.390 e. The molecule has 0 saturated heterocycles. The van der Waals surface area contributed by atoms with Crippen LogP contribution in [0.4, 0.5) is 0 Å². The van der Waals surface area contributed by atoms with Crippen molar-refractivity contribution in [3.05, 3.63) is 60.2 Å². The second-order valence-corrected chi connectivity index (χ2v) is 4.81. The van der Waals surface area contributed by atoms with Gasteiger partial charge in [0, 0.05) is 19.1 Å². The van der Waals surface area contributed by atoms with Crippen LogP contribution in [0.3, 0.4) is 0 Å². The van der Waals surface area contributed by atoms with Gasteiger partial charge in [-0.2, -0.15) is 0 Å². The Morgan fingerprint density at radius 1 is 1.35 bits per heavy atom. The van der Waals surface area contributed by atoms with Crippen LogP contribution in [0.5, 0.6) is 0 Å². The van der Waals surface area contributed by atoms with Crippen molar-refractivity contribution in [3.63, 3.8) is 0 Å². The van der Waals surface area contributed by atoms with Gasteiger partial charge in [-0.15, -0.1) is 0 Å². The fraction of sp³-hybridized carbons (Fsp3) is 0.375. The largest absolute Gasteiger partial charge is 0.390 e. The Kier molecular flexibility index (Phi) is 7.84. The van der Waals surface area contributed by atoms with Crippen LogP contribution < -0.4 is 16.6 Å². The highest BCUT2D eigenvalue weighted by Crippen LogP contribution is 2.04. The highest BCUT2D eigenvalue weighted by Gasteiger charge is 2.14. The van der Waals surface area contributed by atoms with Gasteiger partial charge in [-0.05, 0) is 24.5 Å². The molecule has 0 bridgehead atoms. The van der Waals surface area contributed by atoms with Gasteiger partial charge in [0.05, 0.1) is 6.10 Å². The molecule has 1 rings (SSSR count). The molecule has 0 aliphatic carbocycles. The van der Waals surface area contributed by atoms with E-state index < -0.39 is 6.10 Å². The van der Waals surface area contributed by atoms with E-state index in [4.69, 9.17) is 5.73 Å². The van der Waals surface area contributed by atoms with Gasteiger partial charge in [0.15, 0.2) is 0 Å². The van der Waals surface area contributed by atoms with E-state index in [0.717, 1.165) is 11.1 Å². The summed E-state index contributed by atoms with van der Waals surface area (Å²) in [6.07, 6.45) is 3.94. The molecule has 0 radical (unpaired) electrons. The lowest BCUT2D eigenvalue weighted by molar-refractivity contribution is 0.137. The molecule has 0 amide bonds. The molecule has 0 aliphatic heterocycles. The van der Waals surface area contributed by atoms with Crippen LogP contribution in [0.15, 0.2) is 54.6 Å². The van der Waals surface area contributed by atoms with Crippen LogP contribution in [0, 0.1) is 0 Å². The molecule has 0 fully saturated rings. The van der Waals surface area contributed by atoms with Crippen molar-refractivity contribution in [3.8, 4) is 0 Å². The first kappa shape index (κ1) is 16.6. The highest BCUT2D eigenvalue weighted by molar-refractivity contribution is 5.16. The number of hydrazine groups is 1. The maximum atomic E-state index is 9.98. The van der Waals surface area contributed by atoms with E-state index in [1.807, 2.05) is 49.4 Å². The van der Waals surface area contributed by atoms with Gasteiger partial charge in [0.2, 0.25) is 0 Å². The molecule has 0 aromatic heterocycles. The number of hydrogen-bond acceptors (Lipinski definition) is 4. The fourth-order valence-corrected chi connectivity index (χ4v) is 1.82. The average Bonchev–Trinajstić information content (AvgIpc) is 2.44. The van der Waals surface area contributed by atoms with Gasteiger partial charge in [-0.3, -0.25) is 10.9 Å². The van der Waals surface area contributed by atoms with Crippen LogP contribution in [0.2, 0.25) is 0 Å².